The average Bonchev–Trinajstić information content (AvgIpc) is 4.48. The summed E-state index contributed by atoms with van der Waals surface area (Å²) in [6.45, 7) is 1.07. The topological polar surface area (TPSA) is 147 Å². The molecule has 0 spiro atoms. The summed E-state index contributed by atoms with van der Waals surface area (Å²) in [5.41, 5.74) is -1.26. The molecule has 0 saturated heterocycles. The van der Waals surface area contributed by atoms with Gasteiger partial charge in [0.1, 0.15) is 0 Å². The molecule has 4 saturated carbocycles. The Bertz CT molecular complexity index is 3130. The number of carbonyl (C=O) groups is 3. The van der Waals surface area contributed by atoms with Crippen molar-refractivity contribution < 1.29 is 44.8 Å². The fourth-order valence-corrected chi connectivity index (χ4v) is 12.5. The Morgan fingerprint density at radius 3 is 2.11 bits per heavy atom. The van der Waals surface area contributed by atoms with Crippen molar-refractivity contribution in [1.29, 1.82) is 0 Å². The number of aromatic nitrogens is 4. The Morgan fingerprint density at radius 1 is 0.891 bits per heavy atom. The normalized spacial score (nSPS) is 34.0. The molecule has 5 aliphatic carbocycles. The van der Waals surface area contributed by atoms with Gasteiger partial charge in [0, 0.05) is 85.2 Å². The number of benzene rings is 1. The first kappa shape index (κ1) is 29.2. The van der Waals surface area contributed by atoms with Gasteiger partial charge in [-0.3, -0.25) is 24.2 Å². The maximum atomic E-state index is 14.4. The van der Waals surface area contributed by atoms with Crippen molar-refractivity contribution in [2.45, 2.75) is 109 Å². The molecular weight excluding hydrogens is 828 g/mol. The van der Waals surface area contributed by atoms with E-state index in [-0.39, 0.29) is 54.4 Å². The summed E-state index contributed by atoms with van der Waals surface area (Å²) in [7, 11) is -2.46. The van der Waals surface area contributed by atoms with E-state index in [4.69, 9.17) is 36.9 Å². The van der Waals surface area contributed by atoms with E-state index in [1.165, 1.54) is 0 Å². The summed E-state index contributed by atoms with van der Waals surface area (Å²) in [4.78, 5) is 54.1. The monoisotopic (exact) mass is 906 g/mol. The van der Waals surface area contributed by atoms with Gasteiger partial charge in [-0.15, -0.1) is 0 Å². The fourth-order valence-electron chi connectivity index (χ4n) is 12.3. The first-order valence-corrected chi connectivity index (χ1v) is 22.7. The molecule has 13 nitrogen and oxygen atoms in total. The minimum atomic E-state index is -2.90. The highest BCUT2D eigenvalue weighted by Gasteiger charge is 2.58. The summed E-state index contributed by atoms with van der Waals surface area (Å²) in [6, 6.07) is -6.01. The van der Waals surface area contributed by atoms with Gasteiger partial charge in [0.05, 0.1) is 52.5 Å². The molecule has 2 aromatic heterocycles. The molecule has 3 aromatic rings. The van der Waals surface area contributed by atoms with Crippen LogP contribution in [0.1, 0.15) is 147 Å². The number of nitrogens with one attached hydrogen (secondary N) is 2. The van der Waals surface area contributed by atoms with E-state index in [2.05, 4.69) is 37.0 Å². The molecule has 1 atom stereocenters. The van der Waals surface area contributed by atoms with E-state index in [1.807, 2.05) is 0 Å². The molecule has 14 heteroatoms. The van der Waals surface area contributed by atoms with Crippen molar-refractivity contribution in [3.63, 3.8) is 0 Å². The number of nitrogens with zero attached hydrogens (tertiary/aromatic N) is 6. The van der Waals surface area contributed by atoms with Crippen LogP contribution in [0.2, 0.25) is 5.02 Å². The van der Waals surface area contributed by atoms with Gasteiger partial charge >= 0.3 is 5.97 Å². The highest BCUT2D eigenvalue weighted by atomic mass is 35.5. The average molecular weight is 907 g/mol. The summed E-state index contributed by atoms with van der Waals surface area (Å²) in [6.07, 6.45) is 10.1. The number of hydrogen-bond acceptors (Lipinski definition) is 8. The summed E-state index contributed by atoms with van der Waals surface area (Å²) >= 11 is 6.98. The summed E-state index contributed by atoms with van der Waals surface area (Å²) < 4.78 is 134. The van der Waals surface area contributed by atoms with Crippen LogP contribution in [-0.4, -0.2) is 97.7 Å². The lowest BCUT2D eigenvalue weighted by Crippen LogP contribution is -2.37. The van der Waals surface area contributed by atoms with E-state index >= 15 is 0 Å². The molecule has 3 N–H and O–H groups in total. The Morgan fingerprint density at radius 2 is 1.50 bits per heavy atom. The van der Waals surface area contributed by atoms with E-state index in [0.717, 1.165) is 66.9 Å². The van der Waals surface area contributed by atoms with Gasteiger partial charge in [-0.25, -0.2) is 9.97 Å². The first-order valence-electron chi connectivity index (χ1n) is 29.8. The molecule has 4 fully saturated rings. The smallest absolute Gasteiger partial charge is 0.309 e. The number of fused-ring (bicyclic) bond motifs is 6. The lowest BCUT2D eigenvalue weighted by atomic mass is 9.80. The van der Waals surface area contributed by atoms with Crippen molar-refractivity contribution in [3.8, 4) is 0 Å². The molecule has 2 amide bonds. The predicted molar refractivity (Wildman–Crippen MR) is 246 cm³/mol. The molecule has 7 aliphatic rings. The zero-order valence-electron chi connectivity index (χ0n) is 50.8. The van der Waals surface area contributed by atoms with Crippen LogP contribution in [-0.2, 0) is 49.4 Å². The van der Waals surface area contributed by atoms with Crippen LogP contribution in [0.25, 0.3) is 5.57 Å². The van der Waals surface area contributed by atoms with Crippen LogP contribution in [0.3, 0.4) is 0 Å². The van der Waals surface area contributed by atoms with Crippen LogP contribution in [0, 0.1) is 21.7 Å². The number of allylic oxidation sites excluding steroid dienone is 2. The zero-order chi connectivity index (χ0) is 57.3. The molecule has 2 aliphatic heterocycles. The Balaban J connectivity index is 0.869. The molecule has 4 bridgehead atoms. The third-order valence-corrected chi connectivity index (χ3v) is 16.5. The molecule has 4 heterocycles. The van der Waals surface area contributed by atoms with Gasteiger partial charge in [0.2, 0.25) is 0 Å². The second-order valence-corrected chi connectivity index (χ2v) is 20.1. The number of rotatable bonds is 14. The van der Waals surface area contributed by atoms with E-state index in [1.54, 1.807) is 0 Å². The van der Waals surface area contributed by atoms with Gasteiger partial charge < -0.3 is 29.6 Å². The number of carbonyl (C=O) groups excluding carboxylic acids is 2. The Hall–Kier alpha value is -4.56. The van der Waals surface area contributed by atoms with Crippen LogP contribution in [0.4, 0.5) is 5.69 Å². The van der Waals surface area contributed by atoms with Crippen molar-refractivity contribution in [1.82, 2.24) is 34.2 Å². The van der Waals surface area contributed by atoms with Crippen molar-refractivity contribution in [2.24, 2.45) is 35.6 Å². The van der Waals surface area contributed by atoms with Crippen LogP contribution in [0.5, 0.6) is 0 Å². The largest absolute Gasteiger partial charge is 0.481 e. The number of imidazole rings is 2. The first-order chi connectivity index (χ1) is 36.8. The van der Waals surface area contributed by atoms with Crippen LogP contribution in [0.15, 0.2) is 48.4 Å². The van der Waals surface area contributed by atoms with E-state index in [9.17, 15) is 19.5 Å². The number of hydrogen-bond donors (Lipinski definition) is 3. The van der Waals surface area contributed by atoms with Crippen LogP contribution < -0.4 is 10.6 Å². The number of methoxy groups -OCH3 is 1. The molecule has 0 radical (unpaired) electrons. The molecule has 340 valence electrons. The number of halogens is 1. The Kier molecular flexibility index (Phi) is 7.47. The van der Waals surface area contributed by atoms with E-state index in [0.29, 0.717) is 68.2 Å². The third-order valence-electron chi connectivity index (χ3n) is 16.1. The molecule has 64 heavy (non-hydrogen) atoms. The van der Waals surface area contributed by atoms with Gasteiger partial charge in [0.15, 0.2) is 11.6 Å². The number of aliphatic carboxylic acids is 1. The number of ether oxygens (including phenoxy) is 1. The standard InChI is InChI=1S/C50H63ClN8O5/c1-32-33(7-5-9-35(32)54-44(60)42-52-37-28-59(24-12-39(37)56(42)2)26-22-48-17-19-50(30-48,20-18-48)46(62)63)34-8-6-10-36(41(34)51)55-45(61)43-53-38-27-58(23-11-40(38)57(43)3)25-21-47-13-15-49(29-47,16-14-47)31-64-4/h5-10,35H,1,11-31H2,2-4H3,(H,54,60)(H,55,61)(H,62,63)/i2D3,3D3,4D3,5D,6D,7D,8D,9D,10D. The summed E-state index contributed by atoms with van der Waals surface area (Å²) in [5, 5.41) is 14.4. The number of anilines is 1. The maximum Gasteiger partial charge on any atom is 0.309 e. The quantitative estimate of drug-likeness (QED) is 0.150. The SMILES string of the molecule is [2H]C1=C(c2c([2H])c([2H])c([2H])c(NC(=O)c3nc4c(n3C([2H])([2H])[2H])CCN(CCC35CCC(COC([2H])([2H])[2H])(CC3)C5)C4)c2Cl)C(=C)C(NC(=O)c2nc3c(n2C([2H])([2H])[2H])CCN(CCC24CCC(C(=O)O)(CC2)C4)C3)C([2H])=C1[2H]. The lowest BCUT2D eigenvalue weighted by molar-refractivity contribution is -0.148. The van der Waals surface area contributed by atoms with Gasteiger partial charge in [0.25, 0.3) is 11.8 Å². The van der Waals surface area contributed by atoms with Crippen molar-refractivity contribution in [3.05, 3.63) is 93.4 Å². The number of carboxylic acids is 1. The Labute approximate surface area is 402 Å². The lowest BCUT2D eigenvalue weighted by Gasteiger charge is -2.32. The molecular formula is C50H63ClN8O5. The summed E-state index contributed by atoms with van der Waals surface area (Å²) in [5.74, 6) is -3.97. The van der Waals surface area contributed by atoms with Crippen molar-refractivity contribution in [2.75, 3.05) is 45.1 Å². The fraction of sp³-hybridized carbons (Fsp3) is 0.580. The van der Waals surface area contributed by atoms with Gasteiger partial charge in [-0.05, 0) is 124 Å². The van der Waals surface area contributed by atoms with Gasteiger partial charge in [-0.2, -0.15) is 0 Å². The molecule has 10 rings (SSSR count). The second-order valence-electron chi connectivity index (χ2n) is 19.7. The third kappa shape index (κ3) is 7.57. The second kappa shape index (κ2) is 16.4. The zero-order valence-corrected chi connectivity index (χ0v) is 36.5. The predicted octanol–water partition coefficient (Wildman–Crippen LogP) is 7.50. The number of amides is 2. The van der Waals surface area contributed by atoms with Crippen molar-refractivity contribution >= 4 is 40.6 Å². The maximum absolute atomic E-state index is 14.4. The number of carboxylic acid groups (broad SMARTS) is 1. The molecule has 1 aromatic carbocycles. The highest BCUT2D eigenvalue weighted by molar-refractivity contribution is 6.36. The minimum absolute atomic E-state index is 0.0278. The molecule has 1 unspecified atom stereocenters. The highest BCUT2D eigenvalue weighted by Crippen LogP contribution is 2.64. The van der Waals surface area contributed by atoms with Gasteiger partial charge in [-0.1, -0.05) is 48.4 Å². The minimum Gasteiger partial charge on any atom is -0.481 e. The van der Waals surface area contributed by atoms with E-state index < -0.39 is 120 Å². The van der Waals surface area contributed by atoms with Crippen LogP contribution >= 0.6 is 11.6 Å².